The summed E-state index contributed by atoms with van der Waals surface area (Å²) in [6, 6.07) is 0. The second kappa shape index (κ2) is 20.9. The van der Waals surface area contributed by atoms with E-state index in [1.165, 1.54) is 0 Å². The van der Waals surface area contributed by atoms with Gasteiger partial charge in [-0.3, -0.25) is 4.90 Å². The molecule has 22 heavy (non-hydrogen) atoms. The van der Waals surface area contributed by atoms with Crippen molar-refractivity contribution in [3.8, 4) is 0 Å². The Bertz CT molecular complexity index is 210. The first kappa shape index (κ1) is 24.2. The zero-order valence-corrected chi connectivity index (χ0v) is 16.1. The van der Waals surface area contributed by atoms with Gasteiger partial charge >= 0.3 is 0 Å². The topological polar surface area (TPSA) is 38.8 Å². The SMILES string of the molecule is CC.CCOC.CSCCC(C=O)CCCN1CCOCC1. The maximum atomic E-state index is 10.9. The number of carbonyl (C=O) groups excluding carboxylic acids is 1. The molecule has 1 aliphatic heterocycles. The third-order valence-corrected chi connectivity index (χ3v) is 3.97. The molecule has 1 rings (SSSR count). The number of thioether (sulfide) groups is 1. The first-order valence-corrected chi connectivity index (χ1v) is 9.91. The minimum atomic E-state index is 0.272. The quantitative estimate of drug-likeness (QED) is 0.604. The second-order valence-electron chi connectivity index (χ2n) is 4.85. The Morgan fingerprint density at radius 1 is 1.27 bits per heavy atom. The van der Waals surface area contributed by atoms with E-state index in [9.17, 15) is 4.79 Å². The maximum absolute atomic E-state index is 10.9. The van der Waals surface area contributed by atoms with Crippen LogP contribution in [0.3, 0.4) is 0 Å². The molecule has 0 saturated carbocycles. The zero-order chi connectivity index (χ0) is 17.1. The summed E-state index contributed by atoms with van der Waals surface area (Å²) in [5, 5.41) is 0. The van der Waals surface area contributed by atoms with Gasteiger partial charge in [-0.2, -0.15) is 11.8 Å². The highest BCUT2D eigenvalue weighted by Crippen LogP contribution is 2.12. The summed E-state index contributed by atoms with van der Waals surface area (Å²) in [5.74, 6) is 1.37. The fraction of sp³-hybridized carbons (Fsp3) is 0.941. The van der Waals surface area contributed by atoms with Crippen molar-refractivity contribution < 1.29 is 14.3 Å². The molecule has 4 nitrogen and oxygen atoms in total. The van der Waals surface area contributed by atoms with E-state index in [-0.39, 0.29) is 5.92 Å². The van der Waals surface area contributed by atoms with Crippen molar-refractivity contribution >= 4 is 18.0 Å². The Hall–Kier alpha value is -0.100. The van der Waals surface area contributed by atoms with Gasteiger partial charge in [0.2, 0.25) is 0 Å². The molecule has 0 bridgehead atoms. The van der Waals surface area contributed by atoms with E-state index in [0.29, 0.717) is 0 Å². The van der Waals surface area contributed by atoms with Crippen LogP contribution in [0.4, 0.5) is 0 Å². The molecular formula is C17H37NO3S. The van der Waals surface area contributed by atoms with Crippen LogP contribution in [0.1, 0.15) is 40.0 Å². The predicted molar refractivity (Wildman–Crippen MR) is 97.9 cm³/mol. The molecule has 0 amide bonds. The van der Waals surface area contributed by atoms with Gasteiger partial charge in [0.25, 0.3) is 0 Å². The van der Waals surface area contributed by atoms with Crippen LogP contribution in [0.5, 0.6) is 0 Å². The molecule has 1 heterocycles. The van der Waals surface area contributed by atoms with Crippen LogP contribution in [0.15, 0.2) is 0 Å². The van der Waals surface area contributed by atoms with Gasteiger partial charge < -0.3 is 14.3 Å². The van der Waals surface area contributed by atoms with Crippen molar-refractivity contribution in [2.45, 2.75) is 40.0 Å². The second-order valence-corrected chi connectivity index (χ2v) is 5.84. The highest BCUT2D eigenvalue weighted by molar-refractivity contribution is 7.98. The number of morpholine rings is 1. The molecule has 0 N–H and O–H groups in total. The molecule has 0 aromatic rings. The fourth-order valence-corrected chi connectivity index (χ4v) is 2.49. The molecule has 1 fully saturated rings. The number of ether oxygens (including phenoxy) is 2. The smallest absolute Gasteiger partial charge is 0.123 e. The molecule has 0 radical (unpaired) electrons. The molecule has 0 aliphatic carbocycles. The van der Waals surface area contributed by atoms with Gasteiger partial charge in [-0.15, -0.1) is 0 Å². The minimum Gasteiger partial charge on any atom is -0.385 e. The summed E-state index contributed by atoms with van der Waals surface area (Å²) >= 11 is 1.82. The van der Waals surface area contributed by atoms with Crippen molar-refractivity contribution in [2.75, 3.05) is 58.6 Å². The first-order chi connectivity index (χ1) is 10.8. The van der Waals surface area contributed by atoms with Gasteiger partial charge in [0.1, 0.15) is 6.29 Å². The monoisotopic (exact) mass is 335 g/mol. The van der Waals surface area contributed by atoms with Gasteiger partial charge in [-0.25, -0.2) is 0 Å². The van der Waals surface area contributed by atoms with E-state index >= 15 is 0 Å². The predicted octanol–water partition coefficient (Wildman–Crippen LogP) is 3.35. The lowest BCUT2D eigenvalue weighted by Crippen LogP contribution is -2.36. The van der Waals surface area contributed by atoms with Crippen molar-refractivity contribution in [3.63, 3.8) is 0 Å². The van der Waals surface area contributed by atoms with Crippen LogP contribution >= 0.6 is 11.8 Å². The van der Waals surface area contributed by atoms with Gasteiger partial charge in [0, 0.05) is 32.7 Å². The van der Waals surface area contributed by atoms with E-state index in [1.807, 2.05) is 32.5 Å². The molecule has 1 unspecified atom stereocenters. The Morgan fingerprint density at radius 2 is 1.86 bits per heavy atom. The number of carbonyl (C=O) groups is 1. The largest absolute Gasteiger partial charge is 0.385 e. The van der Waals surface area contributed by atoms with E-state index in [1.54, 1.807) is 7.11 Å². The lowest BCUT2D eigenvalue weighted by atomic mass is 10.0. The molecule has 1 aliphatic rings. The Morgan fingerprint density at radius 3 is 2.32 bits per heavy atom. The van der Waals surface area contributed by atoms with Crippen LogP contribution in [-0.2, 0) is 14.3 Å². The van der Waals surface area contributed by atoms with Crippen molar-refractivity contribution in [3.05, 3.63) is 0 Å². The molecule has 5 heteroatoms. The molecule has 0 aromatic carbocycles. The van der Waals surface area contributed by atoms with E-state index in [2.05, 4.69) is 15.9 Å². The molecule has 0 aromatic heterocycles. The maximum Gasteiger partial charge on any atom is 0.123 e. The highest BCUT2D eigenvalue weighted by atomic mass is 32.2. The van der Waals surface area contributed by atoms with Crippen molar-refractivity contribution in [2.24, 2.45) is 5.92 Å². The summed E-state index contributed by atoms with van der Waals surface area (Å²) in [4.78, 5) is 13.3. The lowest BCUT2D eigenvalue weighted by Gasteiger charge is -2.26. The Kier molecular flexibility index (Phi) is 22.9. The number of methoxy groups -OCH3 is 1. The average molecular weight is 336 g/mol. The number of hydrogen-bond donors (Lipinski definition) is 0. The van der Waals surface area contributed by atoms with E-state index < -0.39 is 0 Å². The van der Waals surface area contributed by atoms with Crippen molar-refractivity contribution in [1.82, 2.24) is 4.90 Å². The van der Waals surface area contributed by atoms with Gasteiger partial charge in [-0.1, -0.05) is 13.8 Å². The molecule has 0 spiro atoms. The van der Waals surface area contributed by atoms with Crippen molar-refractivity contribution in [1.29, 1.82) is 0 Å². The third-order valence-electron chi connectivity index (χ3n) is 3.33. The fourth-order valence-electron chi connectivity index (χ4n) is 1.95. The van der Waals surface area contributed by atoms with Crippen LogP contribution in [0, 0.1) is 5.92 Å². The third kappa shape index (κ3) is 16.3. The van der Waals surface area contributed by atoms with Crippen LogP contribution in [-0.4, -0.2) is 69.8 Å². The number of aldehydes is 1. The van der Waals surface area contributed by atoms with Crippen LogP contribution in [0.25, 0.3) is 0 Å². The zero-order valence-electron chi connectivity index (χ0n) is 15.3. The molecular weight excluding hydrogens is 298 g/mol. The van der Waals surface area contributed by atoms with Gasteiger partial charge in [0.15, 0.2) is 0 Å². The highest BCUT2D eigenvalue weighted by Gasteiger charge is 2.11. The number of rotatable bonds is 9. The standard InChI is InChI=1S/C12H23NO2S.C3H8O.C2H6/c1-16-10-4-12(11-14)3-2-5-13-6-8-15-9-7-13;1-3-4-2;1-2/h11-12H,2-10H2,1H3;3H2,1-2H3;1-2H3. The first-order valence-electron chi connectivity index (χ1n) is 8.51. The van der Waals surface area contributed by atoms with E-state index in [4.69, 9.17) is 4.74 Å². The lowest BCUT2D eigenvalue weighted by molar-refractivity contribution is -0.111. The van der Waals surface area contributed by atoms with Crippen LogP contribution < -0.4 is 0 Å². The normalized spacial score (nSPS) is 15.9. The number of hydrogen-bond acceptors (Lipinski definition) is 5. The van der Waals surface area contributed by atoms with Gasteiger partial charge in [-0.05, 0) is 44.7 Å². The summed E-state index contributed by atoms with van der Waals surface area (Å²) < 4.78 is 9.84. The molecule has 134 valence electrons. The number of nitrogens with zero attached hydrogens (tertiary/aromatic N) is 1. The summed E-state index contributed by atoms with van der Waals surface area (Å²) in [5.41, 5.74) is 0. The molecule has 1 saturated heterocycles. The van der Waals surface area contributed by atoms with E-state index in [0.717, 1.165) is 70.8 Å². The summed E-state index contributed by atoms with van der Waals surface area (Å²) in [6.45, 7) is 11.7. The van der Waals surface area contributed by atoms with Crippen LogP contribution in [0.2, 0.25) is 0 Å². The summed E-state index contributed by atoms with van der Waals surface area (Å²) in [7, 11) is 1.68. The molecule has 1 atom stereocenters. The Labute approximate surface area is 142 Å². The average Bonchev–Trinajstić information content (AvgIpc) is 2.60. The Balaban J connectivity index is 0. The summed E-state index contributed by atoms with van der Waals surface area (Å²) in [6.07, 6.45) is 6.44. The minimum absolute atomic E-state index is 0.272. The van der Waals surface area contributed by atoms with Gasteiger partial charge in [0.05, 0.1) is 13.2 Å².